The highest BCUT2D eigenvalue weighted by Gasteiger charge is 2.20. The number of aryl methyl sites for hydroxylation is 2. The first kappa shape index (κ1) is 21.5. The predicted molar refractivity (Wildman–Crippen MR) is 132 cm³/mol. The summed E-state index contributed by atoms with van der Waals surface area (Å²) in [5.41, 5.74) is 3.24. The van der Waals surface area contributed by atoms with Gasteiger partial charge in [-0.1, -0.05) is 61.9 Å². The molecule has 2 aromatic carbocycles. The Morgan fingerprint density at radius 1 is 1.03 bits per heavy atom. The smallest absolute Gasteiger partial charge is 0.262 e. The number of nitrogens with one attached hydrogen (secondary N) is 1. The number of Topliss-reactive ketones (excluding diaryl/α,β-unsaturated/α-hetero) is 1. The number of hydrogen-bond acceptors (Lipinski definition) is 5. The van der Waals surface area contributed by atoms with Crippen LogP contribution in [0.1, 0.15) is 42.2 Å². The van der Waals surface area contributed by atoms with Crippen LogP contribution >= 0.6 is 11.8 Å². The van der Waals surface area contributed by atoms with Gasteiger partial charge >= 0.3 is 0 Å². The zero-order chi connectivity index (χ0) is 22.9. The highest BCUT2D eigenvalue weighted by Crippen LogP contribution is 2.26. The van der Waals surface area contributed by atoms with Gasteiger partial charge in [0, 0.05) is 28.7 Å². The average molecular weight is 460 g/mol. The van der Waals surface area contributed by atoms with Crippen LogP contribution in [0.4, 0.5) is 0 Å². The molecule has 0 spiro atoms. The molecule has 0 atom stereocenters. The van der Waals surface area contributed by atoms with E-state index in [1.54, 1.807) is 4.57 Å². The minimum atomic E-state index is -0.0522. The number of aromatic nitrogens is 5. The lowest BCUT2D eigenvalue weighted by molar-refractivity contribution is 0.102. The Kier molecular flexibility index (Phi) is 5.76. The van der Waals surface area contributed by atoms with Crippen LogP contribution in [-0.4, -0.2) is 35.7 Å². The predicted octanol–water partition coefficient (Wildman–Crippen LogP) is 5.00. The summed E-state index contributed by atoms with van der Waals surface area (Å²) in [5, 5.41) is 10.9. The van der Waals surface area contributed by atoms with Crippen molar-refractivity contribution in [2.24, 2.45) is 0 Å². The molecule has 0 radical (unpaired) electrons. The molecule has 0 amide bonds. The second kappa shape index (κ2) is 8.86. The van der Waals surface area contributed by atoms with Crippen LogP contribution in [-0.2, 0) is 6.54 Å². The molecule has 0 aliphatic rings. The van der Waals surface area contributed by atoms with Gasteiger partial charge in [-0.3, -0.25) is 18.6 Å². The molecule has 7 nitrogen and oxygen atoms in total. The van der Waals surface area contributed by atoms with Gasteiger partial charge in [-0.2, -0.15) is 0 Å². The van der Waals surface area contributed by atoms with Gasteiger partial charge in [0.1, 0.15) is 0 Å². The maximum absolute atomic E-state index is 13.2. The molecular formula is C25H25N5O2S. The summed E-state index contributed by atoms with van der Waals surface area (Å²) in [7, 11) is 0. The SMILES string of the molecule is CCCCCn1c(=O)c2ccccc2n2c(SCC(=O)c3c(C)[nH]c4ccccc34)nnc12. The molecule has 3 heterocycles. The van der Waals surface area contributed by atoms with E-state index in [-0.39, 0.29) is 17.1 Å². The van der Waals surface area contributed by atoms with Crippen molar-refractivity contribution in [1.29, 1.82) is 0 Å². The van der Waals surface area contributed by atoms with Gasteiger partial charge in [0.15, 0.2) is 10.9 Å². The Hall–Kier alpha value is -3.39. The molecule has 0 aliphatic carbocycles. The molecule has 33 heavy (non-hydrogen) atoms. The molecule has 0 saturated heterocycles. The summed E-state index contributed by atoms with van der Waals surface area (Å²) in [6, 6.07) is 15.3. The zero-order valence-corrected chi connectivity index (χ0v) is 19.5. The second-order valence-electron chi connectivity index (χ2n) is 8.18. The second-order valence-corrected chi connectivity index (χ2v) is 9.12. The molecule has 0 saturated carbocycles. The first-order valence-electron chi connectivity index (χ1n) is 11.2. The lowest BCUT2D eigenvalue weighted by Crippen LogP contribution is -2.23. The molecule has 0 unspecified atom stereocenters. The van der Waals surface area contributed by atoms with Crippen LogP contribution in [0.15, 0.2) is 58.5 Å². The van der Waals surface area contributed by atoms with Gasteiger partial charge in [0.2, 0.25) is 5.78 Å². The molecule has 3 aromatic heterocycles. The fraction of sp³-hybridized carbons (Fsp3) is 0.280. The maximum Gasteiger partial charge on any atom is 0.262 e. The third kappa shape index (κ3) is 3.74. The van der Waals surface area contributed by atoms with Crippen LogP contribution in [0.5, 0.6) is 0 Å². The van der Waals surface area contributed by atoms with E-state index in [1.807, 2.05) is 59.9 Å². The molecular weight excluding hydrogens is 434 g/mol. The Morgan fingerprint density at radius 3 is 2.61 bits per heavy atom. The maximum atomic E-state index is 13.2. The standard InChI is InChI=1S/C25H25N5O2S/c1-3-4-9-14-29-23(32)18-11-6-8-13-20(18)30-24(29)27-28-25(30)33-15-21(31)22-16(2)26-19-12-7-5-10-17(19)22/h5-8,10-13,26H,3-4,9,14-15H2,1-2H3. The van der Waals surface area contributed by atoms with Crippen molar-refractivity contribution in [3.63, 3.8) is 0 Å². The Bertz CT molecular complexity index is 1550. The normalized spacial score (nSPS) is 11.7. The third-order valence-corrected chi connectivity index (χ3v) is 6.90. The average Bonchev–Trinajstić information content (AvgIpc) is 3.40. The summed E-state index contributed by atoms with van der Waals surface area (Å²) in [6.07, 6.45) is 3.01. The highest BCUT2D eigenvalue weighted by atomic mass is 32.2. The van der Waals surface area contributed by atoms with Crippen molar-refractivity contribution < 1.29 is 4.79 Å². The fourth-order valence-corrected chi connectivity index (χ4v) is 5.20. The minimum absolute atomic E-state index is 0.0345. The van der Waals surface area contributed by atoms with E-state index in [0.717, 1.165) is 41.4 Å². The lowest BCUT2D eigenvalue weighted by Gasteiger charge is -2.11. The van der Waals surface area contributed by atoms with E-state index < -0.39 is 0 Å². The van der Waals surface area contributed by atoms with Crippen molar-refractivity contribution in [2.75, 3.05) is 5.75 Å². The van der Waals surface area contributed by atoms with Gasteiger partial charge in [-0.25, -0.2) is 0 Å². The van der Waals surface area contributed by atoms with Crippen molar-refractivity contribution in [3.05, 3.63) is 70.1 Å². The quantitative estimate of drug-likeness (QED) is 0.201. The van der Waals surface area contributed by atoms with E-state index in [4.69, 9.17) is 0 Å². The Balaban J connectivity index is 1.53. The lowest BCUT2D eigenvalue weighted by atomic mass is 10.1. The summed E-state index contributed by atoms with van der Waals surface area (Å²) in [5.74, 6) is 0.785. The number of ketones is 1. The van der Waals surface area contributed by atoms with Gasteiger partial charge in [0.25, 0.3) is 5.56 Å². The van der Waals surface area contributed by atoms with E-state index >= 15 is 0 Å². The summed E-state index contributed by atoms with van der Waals surface area (Å²) >= 11 is 1.35. The van der Waals surface area contributed by atoms with E-state index in [9.17, 15) is 9.59 Å². The van der Waals surface area contributed by atoms with E-state index in [1.165, 1.54) is 11.8 Å². The van der Waals surface area contributed by atoms with Crippen molar-refractivity contribution in [1.82, 2.24) is 24.1 Å². The molecule has 168 valence electrons. The molecule has 0 fully saturated rings. The number of nitrogens with zero attached hydrogens (tertiary/aromatic N) is 4. The van der Waals surface area contributed by atoms with Crippen LogP contribution < -0.4 is 5.56 Å². The van der Waals surface area contributed by atoms with Crippen molar-refractivity contribution in [2.45, 2.75) is 44.8 Å². The Morgan fingerprint density at radius 2 is 1.79 bits per heavy atom. The molecule has 0 bridgehead atoms. The largest absolute Gasteiger partial charge is 0.358 e. The Labute approximate surface area is 194 Å². The summed E-state index contributed by atoms with van der Waals surface area (Å²) in [6.45, 7) is 4.65. The number of rotatable bonds is 8. The number of benzene rings is 2. The molecule has 1 N–H and O–H groups in total. The van der Waals surface area contributed by atoms with Crippen LogP contribution in [0.2, 0.25) is 0 Å². The first-order valence-corrected chi connectivity index (χ1v) is 12.2. The van der Waals surface area contributed by atoms with Crippen molar-refractivity contribution in [3.8, 4) is 0 Å². The van der Waals surface area contributed by atoms with E-state index in [2.05, 4.69) is 22.1 Å². The van der Waals surface area contributed by atoms with Crippen LogP contribution in [0.3, 0.4) is 0 Å². The number of fused-ring (bicyclic) bond motifs is 4. The topological polar surface area (TPSA) is 85.0 Å². The number of carbonyl (C=O) groups is 1. The number of unbranched alkanes of at least 4 members (excludes halogenated alkanes) is 2. The number of H-pyrrole nitrogens is 1. The molecule has 5 aromatic rings. The van der Waals surface area contributed by atoms with Crippen LogP contribution in [0.25, 0.3) is 27.6 Å². The van der Waals surface area contributed by atoms with Crippen LogP contribution in [0, 0.1) is 6.92 Å². The highest BCUT2D eigenvalue weighted by molar-refractivity contribution is 7.99. The number of para-hydroxylation sites is 2. The van der Waals surface area contributed by atoms with E-state index in [0.29, 0.717) is 28.4 Å². The van der Waals surface area contributed by atoms with Gasteiger partial charge in [-0.05, 0) is 31.5 Å². The van der Waals surface area contributed by atoms with Gasteiger partial charge < -0.3 is 4.98 Å². The molecule has 0 aliphatic heterocycles. The zero-order valence-electron chi connectivity index (χ0n) is 18.7. The van der Waals surface area contributed by atoms with Gasteiger partial charge in [-0.15, -0.1) is 10.2 Å². The monoisotopic (exact) mass is 459 g/mol. The number of aromatic amines is 1. The summed E-state index contributed by atoms with van der Waals surface area (Å²) < 4.78 is 3.61. The molecule has 8 heteroatoms. The third-order valence-electron chi connectivity index (χ3n) is 5.97. The number of thioether (sulfide) groups is 1. The molecule has 5 rings (SSSR count). The van der Waals surface area contributed by atoms with Gasteiger partial charge in [0.05, 0.1) is 16.7 Å². The summed E-state index contributed by atoms with van der Waals surface area (Å²) in [4.78, 5) is 29.6. The minimum Gasteiger partial charge on any atom is -0.358 e. The number of carbonyl (C=O) groups excluding carboxylic acids is 1. The fourth-order valence-electron chi connectivity index (χ4n) is 4.39. The number of hydrogen-bond donors (Lipinski definition) is 1. The first-order chi connectivity index (χ1) is 16.1. The van der Waals surface area contributed by atoms with Crippen molar-refractivity contribution >= 4 is 45.1 Å².